The highest BCUT2D eigenvalue weighted by Crippen LogP contribution is 2.24. The predicted molar refractivity (Wildman–Crippen MR) is 112 cm³/mol. The number of nitrogens with one attached hydrogen (secondary N) is 1. The van der Waals surface area contributed by atoms with Crippen LogP contribution in [0, 0.1) is 5.92 Å². The van der Waals surface area contributed by atoms with E-state index in [9.17, 15) is 4.79 Å². The van der Waals surface area contributed by atoms with E-state index in [1.54, 1.807) is 0 Å². The number of hydrogen-bond acceptors (Lipinski definition) is 6. The van der Waals surface area contributed by atoms with Gasteiger partial charge in [0.25, 0.3) is 0 Å². The lowest BCUT2D eigenvalue weighted by Crippen LogP contribution is -2.38. The Balaban J connectivity index is 1.74. The molecule has 2 heterocycles. The van der Waals surface area contributed by atoms with Crippen molar-refractivity contribution in [1.29, 1.82) is 0 Å². The molecular weight excluding hydrogens is 374 g/mol. The number of amides is 1. The van der Waals surface area contributed by atoms with Crippen molar-refractivity contribution >= 4 is 23.6 Å². The first-order valence-electron chi connectivity index (χ1n) is 9.76. The van der Waals surface area contributed by atoms with Crippen LogP contribution in [0.5, 0.6) is 0 Å². The average Bonchev–Trinajstić information content (AvgIpc) is 3.10. The molecule has 8 heteroatoms. The van der Waals surface area contributed by atoms with Crippen LogP contribution in [0.3, 0.4) is 0 Å². The van der Waals surface area contributed by atoms with Crippen LogP contribution in [0.25, 0.3) is 0 Å². The minimum atomic E-state index is 0.0217. The summed E-state index contributed by atoms with van der Waals surface area (Å²) in [5.74, 6) is 1.59. The fourth-order valence-corrected chi connectivity index (χ4v) is 3.63. The van der Waals surface area contributed by atoms with Crippen molar-refractivity contribution in [2.45, 2.75) is 38.5 Å². The Morgan fingerprint density at radius 3 is 2.57 bits per heavy atom. The van der Waals surface area contributed by atoms with Crippen molar-refractivity contribution in [2.24, 2.45) is 5.92 Å². The number of morpholine rings is 1. The van der Waals surface area contributed by atoms with E-state index in [0.29, 0.717) is 31.4 Å². The van der Waals surface area contributed by atoms with Gasteiger partial charge in [-0.25, -0.2) is 0 Å². The molecule has 0 saturated carbocycles. The molecule has 152 valence electrons. The molecule has 0 bridgehead atoms. The molecule has 1 fully saturated rings. The Morgan fingerprint density at radius 1 is 1.18 bits per heavy atom. The number of carbonyl (C=O) groups excluding carboxylic acids is 1. The summed E-state index contributed by atoms with van der Waals surface area (Å²) in [4.78, 5) is 14.5. The number of thioether (sulfide) groups is 1. The Hall–Kier alpha value is -2.06. The zero-order valence-corrected chi connectivity index (χ0v) is 17.6. The summed E-state index contributed by atoms with van der Waals surface area (Å²) in [6.45, 7) is 9.88. The maximum absolute atomic E-state index is 12.3. The van der Waals surface area contributed by atoms with Gasteiger partial charge >= 0.3 is 0 Å². The van der Waals surface area contributed by atoms with Crippen molar-refractivity contribution in [3.8, 4) is 0 Å². The van der Waals surface area contributed by atoms with Gasteiger partial charge in [-0.15, -0.1) is 10.2 Å². The molecule has 28 heavy (non-hydrogen) atoms. The summed E-state index contributed by atoms with van der Waals surface area (Å²) >= 11 is 1.43. The van der Waals surface area contributed by atoms with Gasteiger partial charge in [-0.2, -0.15) is 0 Å². The molecule has 1 aromatic carbocycles. The molecule has 0 spiro atoms. The monoisotopic (exact) mass is 403 g/mol. The standard InChI is InChI=1S/C20H29N5O2S/c1-15(2)16(3)21-18(26)14-28-20-23-22-19(24-9-11-27-12-10-24)25(20)13-17-7-5-4-6-8-17/h4-8,15-16H,9-14H2,1-3H3,(H,21,26)/t16-/m1/s1. The Morgan fingerprint density at radius 2 is 1.89 bits per heavy atom. The lowest BCUT2D eigenvalue weighted by molar-refractivity contribution is -0.119. The topological polar surface area (TPSA) is 72.3 Å². The maximum Gasteiger partial charge on any atom is 0.230 e. The minimum Gasteiger partial charge on any atom is -0.378 e. The zero-order valence-electron chi connectivity index (χ0n) is 16.8. The predicted octanol–water partition coefficient (Wildman–Crippen LogP) is 2.42. The second kappa shape index (κ2) is 9.93. The number of ether oxygens (including phenoxy) is 1. The fraction of sp³-hybridized carbons (Fsp3) is 0.550. The quantitative estimate of drug-likeness (QED) is 0.683. The molecular formula is C20H29N5O2S. The average molecular weight is 404 g/mol. The van der Waals surface area contributed by atoms with E-state index in [4.69, 9.17) is 4.74 Å². The summed E-state index contributed by atoms with van der Waals surface area (Å²) in [6, 6.07) is 10.4. The van der Waals surface area contributed by atoms with Crippen LogP contribution in [0.1, 0.15) is 26.3 Å². The third kappa shape index (κ3) is 5.48. The van der Waals surface area contributed by atoms with Gasteiger partial charge in [0, 0.05) is 19.1 Å². The minimum absolute atomic E-state index is 0.0217. The van der Waals surface area contributed by atoms with E-state index in [1.807, 2.05) is 25.1 Å². The third-order valence-corrected chi connectivity index (χ3v) is 5.86. The second-order valence-corrected chi connectivity index (χ2v) is 8.29. The van der Waals surface area contributed by atoms with Crippen LogP contribution in [0.4, 0.5) is 5.95 Å². The molecule has 1 saturated heterocycles. The third-order valence-electron chi connectivity index (χ3n) is 4.90. The number of benzene rings is 1. The lowest BCUT2D eigenvalue weighted by atomic mass is 10.1. The van der Waals surface area contributed by atoms with E-state index in [1.165, 1.54) is 17.3 Å². The highest BCUT2D eigenvalue weighted by Gasteiger charge is 2.21. The SMILES string of the molecule is CC(C)[C@@H](C)NC(=O)CSc1nnc(N2CCOCC2)n1Cc1ccccc1. The van der Waals surface area contributed by atoms with Gasteiger partial charge < -0.3 is 15.0 Å². The highest BCUT2D eigenvalue weighted by atomic mass is 32.2. The first-order chi connectivity index (χ1) is 13.5. The Labute approximate surface area is 170 Å². The Kier molecular flexibility index (Phi) is 7.33. The first kappa shape index (κ1) is 20.7. The van der Waals surface area contributed by atoms with E-state index in [0.717, 1.165) is 24.2 Å². The number of rotatable bonds is 8. The van der Waals surface area contributed by atoms with E-state index >= 15 is 0 Å². The van der Waals surface area contributed by atoms with Gasteiger partial charge in [0.2, 0.25) is 11.9 Å². The van der Waals surface area contributed by atoms with E-state index < -0.39 is 0 Å². The molecule has 2 aromatic rings. The van der Waals surface area contributed by atoms with E-state index in [-0.39, 0.29) is 11.9 Å². The molecule has 1 N–H and O–H groups in total. The fourth-order valence-electron chi connectivity index (χ4n) is 2.88. The molecule has 1 atom stereocenters. The normalized spacial score (nSPS) is 15.6. The van der Waals surface area contributed by atoms with Crippen molar-refractivity contribution in [3.05, 3.63) is 35.9 Å². The smallest absolute Gasteiger partial charge is 0.230 e. The molecule has 0 aliphatic carbocycles. The molecule has 3 rings (SSSR count). The van der Waals surface area contributed by atoms with Gasteiger partial charge in [-0.3, -0.25) is 9.36 Å². The van der Waals surface area contributed by atoms with Crippen LogP contribution in [0.15, 0.2) is 35.5 Å². The van der Waals surface area contributed by atoms with Crippen LogP contribution >= 0.6 is 11.8 Å². The number of nitrogens with zero attached hydrogens (tertiary/aromatic N) is 4. The van der Waals surface area contributed by atoms with Crippen LogP contribution in [0.2, 0.25) is 0 Å². The van der Waals surface area contributed by atoms with Crippen LogP contribution in [-0.4, -0.2) is 58.8 Å². The van der Waals surface area contributed by atoms with Crippen LogP contribution in [-0.2, 0) is 16.1 Å². The molecule has 7 nitrogen and oxygen atoms in total. The van der Waals surface area contributed by atoms with E-state index in [2.05, 4.69) is 51.0 Å². The largest absolute Gasteiger partial charge is 0.378 e. The Bertz CT molecular complexity index is 759. The zero-order chi connectivity index (χ0) is 19.9. The van der Waals surface area contributed by atoms with Crippen molar-refractivity contribution < 1.29 is 9.53 Å². The highest BCUT2D eigenvalue weighted by molar-refractivity contribution is 7.99. The molecule has 1 amide bonds. The first-order valence-corrected chi connectivity index (χ1v) is 10.7. The lowest BCUT2D eigenvalue weighted by Gasteiger charge is -2.28. The summed E-state index contributed by atoms with van der Waals surface area (Å²) < 4.78 is 7.57. The van der Waals surface area contributed by atoms with Gasteiger partial charge in [-0.05, 0) is 18.4 Å². The van der Waals surface area contributed by atoms with Gasteiger partial charge in [-0.1, -0.05) is 55.9 Å². The number of carbonyl (C=O) groups is 1. The summed E-state index contributed by atoms with van der Waals surface area (Å²) in [7, 11) is 0. The maximum atomic E-state index is 12.3. The summed E-state index contributed by atoms with van der Waals surface area (Å²) in [5.41, 5.74) is 1.18. The summed E-state index contributed by atoms with van der Waals surface area (Å²) in [6.07, 6.45) is 0. The van der Waals surface area contributed by atoms with Gasteiger partial charge in [0.15, 0.2) is 5.16 Å². The van der Waals surface area contributed by atoms with Crippen LogP contribution < -0.4 is 10.2 Å². The molecule has 1 aliphatic rings. The van der Waals surface area contributed by atoms with Gasteiger partial charge in [0.05, 0.1) is 25.5 Å². The number of hydrogen-bond donors (Lipinski definition) is 1. The molecule has 1 aromatic heterocycles. The van der Waals surface area contributed by atoms with Crippen molar-refractivity contribution in [3.63, 3.8) is 0 Å². The number of aromatic nitrogens is 3. The molecule has 0 unspecified atom stereocenters. The number of anilines is 1. The summed E-state index contributed by atoms with van der Waals surface area (Å²) in [5, 5.41) is 12.6. The van der Waals surface area contributed by atoms with Crippen molar-refractivity contribution in [2.75, 3.05) is 37.0 Å². The second-order valence-electron chi connectivity index (χ2n) is 7.34. The van der Waals surface area contributed by atoms with Crippen molar-refractivity contribution in [1.82, 2.24) is 20.1 Å². The van der Waals surface area contributed by atoms with Gasteiger partial charge in [0.1, 0.15) is 0 Å². The molecule has 0 radical (unpaired) electrons. The molecule has 1 aliphatic heterocycles.